The lowest BCUT2D eigenvalue weighted by molar-refractivity contribution is 0.231. The van der Waals surface area contributed by atoms with Gasteiger partial charge in [-0.2, -0.15) is 0 Å². The molecule has 3 aromatic carbocycles. The second kappa shape index (κ2) is 12.0. The number of fused-ring (bicyclic) bond motifs is 2. The summed E-state index contributed by atoms with van der Waals surface area (Å²) in [6.45, 7) is 30.0. The zero-order valence-corrected chi connectivity index (χ0v) is 35.2. The zero-order valence-electron chi connectivity index (χ0n) is 32.3. The minimum atomic E-state index is -2.22. The summed E-state index contributed by atoms with van der Waals surface area (Å²) < 4.78 is 6.52. The van der Waals surface area contributed by atoms with Crippen LogP contribution in [-0.2, 0) is 4.78 Å². The van der Waals surface area contributed by atoms with Crippen molar-refractivity contribution < 1.29 is 0 Å². The number of benzene rings is 3. The van der Waals surface area contributed by atoms with E-state index in [-0.39, 0.29) is 15.9 Å². The van der Waals surface area contributed by atoms with E-state index in [2.05, 4.69) is 170 Å². The number of para-hydroxylation sites is 1. The fourth-order valence-corrected chi connectivity index (χ4v) is 32.3. The van der Waals surface area contributed by atoms with Crippen molar-refractivity contribution in [1.29, 1.82) is 0 Å². The molecule has 2 heterocycles. The Morgan fingerprint density at radius 2 is 1.24 bits per heavy atom. The van der Waals surface area contributed by atoms with Crippen LogP contribution in [0.3, 0.4) is 0 Å². The third-order valence-corrected chi connectivity index (χ3v) is 28.3. The molecule has 2 aliphatic heterocycles. The summed E-state index contributed by atoms with van der Waals surface area (Å²) >= 11 is 0. The molecule has 4 atom stereocenters. The van der Waals surface area contributed by atoms with Gasteiger partial charge in [0.25, 0.3) is 0 Å². The molecule has 2 saturated carbocycles. The van der Waals surface area contributed by atoms with Gasteiger partial charge in [0, 0.05) is 34.3 Å². The maximum atomic E-state index is 6.10. The van der Waals surface area contributed by atoms with Crippen LogP contribution in [0.4, 0.5) is 5.69 Å². The van der Waals surface area contributed by atoms with Crippen LogP contribution < -0.4 is 0 Å². The van der Waals surface area contributed by atoms with Crippen LogP contribution in [0, 0.1) is 11.8 Å². The number of aliphatic imine (C=N–C) groups is 1. The van der Waals surface area contributed by atoms with Gasteiger partial charge in [-0.15, -0.1) is 0 Å². The molecule has 2 bridgehead atoms. The standard InChI is InChI=1S/C43H60N3PSi2/c1-29(2)35-24-19-25-36(30(3)4)38(35)44-37-32-26-27-33(28-32)39(37)47(45(41(5,6)7)49(11,12)46(47)42(8,9)10)43(34-22-17-14-18-23-34)40(48-43)31-20-15-13-16-21-31/h13-25,29-30,32-33,40H,26-28H2,1-12H3. The van der Waals surface area contributed by atoms with E-state index in [0.29, 0.717) is 29.2 Å². The van der Waals surface area contributed by atoms with E-state index in [1.54, 1.807) is 10.9 Å². The van der Waals surface area contributed by atoms with E-state index in [9.17, 15) is 0 Å². The van der Waals surface area contributed by atoms with Gasteiger partial charge in [0.2, 0.25) is 8.40 Å². The van der Waals surface area contributed by atoms with Gasteiger partial charge in [-0.1, -0.05) is 107 Å². The SMILES string of the molecule is CC(C)c1cccc(C(C)C)c1N=C1C(=P2(C3(c4ccccc4)[Si]C3c3ccccc3)N(C(C)(C)C)[Si](C)(C)N2C(C)(C)C)C2CCC1C2. The third kappa shape index (κ3) is 5.19. The van der Waals surface area contributed by atoms with Crippen molar-refractivity contribution in [1.82, 2.24) is 8.67 Å². The van der Waals surface area contributed by atoms with Crippen molar-refractivity contribution in [2.75, 3.05) is 0 Å². The second-order valence-electron chi connectivity index (χ2n) is 18.4. The van der Waals surface area contributed by atoms with Gasteiger partial charge >= 0.3 is 0 Å². The monoisotopic (exact) mass is 705 g/mol. The highest BCUT2D eigenvalue weighted by molar-refractivity contribution is 7.83. The summed E-state index contributed by atoms with van der Waals surface area (Å²) in [7, 11) is -3.46. The van der Waals surface area contributed by atoms with Gasteiger partial charge in [0.1, 0.15) is 0 Å². The minimum Gasteiger partial charge on any atom is -0.274 e. The van der Waals surface area contributed by atoms with Crippen molar-refractivity contribution in [2.24, 2.45) is 16.8 Å². The Bertz CT molecular complexity index is 1760. The first-order chi connectivity index (χ1) is 23.0. The number of rotatable bonds is 6. The zero-order chi connectivity index (χ0) is 35.3. The molecule has 0 N–H and O–H groups in total. The molecule has 2 radical (unpaired) electrons. The van der Waals surface area contributed by atoms with Crippen molar-refractivity contribution in [2.45, 2.75) is 135 Å². The molecule has 7 rings (SSSR count). The lowest BCUT2D eigenvalue weighted by Gasteiger charge is -2.77. The maximum absolute atomic E-state index is 6.10. The van der Waals surface area contributed by atoms with E-state index in [1.807, 2.05) is 0 Å². The maximum Gasteiger partial charge on any atom is 0.210 e. The Kier molecular flexibility index (Phi) is 8.68. The molecule has 4 aliphatic rings. The molecule has 6 heteroatoms. The van der Waals surface area contributed by atoms with Crippen LogP contribution in [0.1, 0.15) is 128 Å². The van der Waals surface area contributed by atoms with Crippen LogP contribution in [0.25, 0.3) is 0 Å². The first-order valence-corrected chi connectivity index (χ1v) is 24.6. The van der Waals surface area contributed by atoms with Crippen LogP contribution in [-0.4, -0.2) is 48.7 Å². The average Bonchev–Trinajstić information content (AvgIpc) is 3.46. The summed E-state index contributed by atoms with van der Waals surface area (Å²) in [4.78, 5) is 6.10. The normalized spacial score (nSPS) is 28.9. The summed E-state index contributed by atoms with van der Waals surface area (Å²) in [6.07, 6.45) is 3.87. The average molecular weight is 706 g/mol. The molecular weight excluding hydrogens is 646 g/mol. The van der Waals surface area contributed by atoms with Crippen molar-refractivity contribution >= 4 is 41.8 Å². The molecule has 3 nitrogen and oxygen atoms in total. The van der Waals surface area contributed by atoms with Crippen molar-refractivity contribution in [3.05, 3.63) is 101 Å². The van der Waals surface area contributed by atoms with E-state index < -0.39 is 15.6 Å². The Balaban J connectivity index is 1.67. The van der Waals surface area contributed by atoms with E-state index in [4.69, 9.17) is 4.99 Å². The fourth-order valence-electron chi connectivity index (χ4n) is 10.8. The van der Waals surface area contributed by atoms with E-state index in [0.717, 1.165) is 9.52 Å². The van der Waals surface area contributed by atoms with Crippen LogP contribution in [0.15, 0.2) is 83.9 Å². The molecule has 260 valence electrons. The Hall–Kier alpha value is -2.02. The number of hydrogen-bond donors (Lipinski definition) is 0. The smallest absolute Gasteiger partial charge is 0.210 e. The molecule has 4 unspecified atom stereocenters. The predicted octanol–water partition coefficient (Wildman–Crippen LogP) is 11.7. The lowest BCUT2D eigenvalue weighted by atomic mass is 9.92. The molecular formula is C43H60N3PSi2. The Labute approximate surface area is 302 Å². The van der Waals surface area contributed by atoms with E-state index >= 15 is 0 Å². The van der Waals surface area contributed by atoms with Crippen molar-refractivity contribution in [3.63, 3.8) is 0 Å². The summed E-state index contributed by atoms with van der Waals surface area (Å²) in [5, 5.41) is 1.79. The van der Waals surface area contributed by atoms with Crippen molar-refractivity contribution in [3.8, 4) is 0 Å². The lowest BCUT2D eigenvalue weighted by Crippen LogP contribution is -2.80. The largest absolute Gasteiger partial charge is 0.274 e. The third-order valence-electron chi connectivity index (χ3n) is 11.8. The summed E-state index contributed by atoms with van der Waals surface area (Å²) in [6, 6.07) is 30.4. The highest BCUT2D eigenvalue weighted by atomic mass is 31.2. The molecule has 0 amide bonds. The van der Waals surface area contributed by atoms with Gasteiger partial charge in [-0.05, 0) is 119 Å². The van der Waals surface area contributed by atoms with Crippen LogP contribution in [0.2, 0.25) is 13.1 Å². The summed E-state index contributed by atoms with van der Waals surface area (Å²) in [5.41, 5.74) is 9.23. The highest BCUT2D eigenvalue weighted by Crippen LogP contribution is 2.90. The number of nitrogens with zero attached hydrogens (tertiary/aromatic N) is 3. The molecule has 2 saturated heterocycles. The molecule has 0 aromatic heterocycles. The quantitative estimate of drug-likeness (QED) is 0.188. The number of hydrogen-bond acceptors (Lipinski definition) is 3. The van der Waals surface area contributed by atoms with E-state index in [1.165, 1.54) is 47.4 Å². The molecule has 4 fully saturated rings. The van der Waals surface area contributed by atoms with Gasteiger partial charge < -0.3 is 0 Å². The molecule has 2 aliphatic carbocycles. The van der Waals surface area contributed by atoms with Crippen LogP contribution in [0.5, 0.6) is 0 Å². The molecule has 0 spiro atoms. The molecule has 49 heavy (non-hydrogen) atoms. The molecule has 3 aromatic rings. The first-order valence-electron chi connectivity index (χ1n) is 19.0. The fraction of sp³-hybridized carbons (Fsp3) is 0.535. The topological polar surface area (TPSA) is 18.8 Å². The minimum absolute atomic E-state index is 0.0280. The van der Waals surface area contributed by atoms with Gasteiger partial charge in [-0.25, -0.2) is 0 Å². The Morgan fingerprint density at radius 1 is 0.735 bits per heavy atom. The van der Waals surface area contributed by atoms with Gasteiger partial charge in [0.05, 0.1) is 20.9 Å². The predicted molar refractivity (Wildman–Crippen MR) is 218 cm³/mol. The van der Waals surface area contributed by atoms with Gasteiger partial charge in [0.15, 0.2) is 0 Å². The summed E-state index contributed by atoms with van der Waals surface area (Å²) in [5.74, 6) is 2.02. The first kappa shape index (κ1) is 35.4. The second-order valence-corrected chi connectivity index (χ2v) is 28.3. The van der Waals surface area contributed by atoms with Gasteiger partial charge in [-0.3, -0.25) is 13.7 Å². The highest BCUT2D eigenvalue weighted by Gasteiger charge is 2.79. The Morgan fingerprint density at radius 3 is 1.76 bits per heavy atom. The van der Waals surface area contributed by atoms with Crippen LogP contribution >= 0.6 is 7.19 Å².